The molecule has 1 aliphatic rings. The molecule has 0 bridgehead atoms. The van der Waals surface area contributed by atoms with Gasteiger partial charge >= 0.3 is 5.97 Å². The first-order valence-electron chi connectivity index (χ1n) is 11.1. The van der Waals surface area contributed by atoms with Crippen LogP contribution in [0.3, 0.4) is 0 Å². The van der Waals surface area contributed by atoms with Crippen LogP contribution in [-0.2, 0) is 17.6 Å². The third-order valence-corrected chi connectivity index (χ3v) is 7.92. The molecule has 0 radical (unpaired) electrons. The van der Waals surface area contributed by atoms with Crippen molar-refractivity contribution in [2.75, 3.05) is 6.61 Å². The summed E-state index contributed by atoms with van der Waals surface area (Å²) in [6, 6.07) is 7.08. The predicted molar refractivity (Wildman–Crippen MR) is 136 cm³/mol. The minimum atomic E-state index is -0.372. The van der Waals surface area contributed by atoms with Gasteiger partial charge in [0.05, 0.1) is 17.7 Å². The van der Waals surface area contributed by atoms with Gasteiger partial charge < -0.3 is 9.84 Å². The van der Waals surface area contributed by atoms with Crippen molar-refractivity contribution in [1.29, 1.82) is 0 Å². The van der Waals surface area contributed by atoms with Crippen molar-refractivity contribution < 1.29 is 14.6 Å². The summed E-state index contributed by atoms with van der Waals surface area (Å²) < 4.78 is 6.54. The van der Waals surface area contributed by atoms with Gasteiger partial charge in [-0.25, -0.2) is 19.3 Å². The molecule has 5 rings (SSSR count). The van der Waals surface area contributed by atoms with E-state index in [2.05, 4.69) is 16.9 Å². The lowest BCUT2D eigenvalue weighted by Crippen LogP contribution is -2.19. The molecule has 1 aliphatic carbocycles. The summed E-state index contributed by atoms with van der Waals surface area (Å²) >= 11 is 2.75. The summed E-state index contributed by atoms with van der Waals surface area (Å²) in [5, 5.41) is 14.8. The molecule has 1 atom stereocenters. The highest BCUT2D eigenvalue weighted by molar-refractivity contribution is 7.16. The number of aromatic hydroxyl groups is 1. The average Bonchev–Trinajstić information content (AvgIpc) is 3.47. The summed E-state index contributed by atoms with van der Waals surface area (Å²) in [6.45, 7) is 4.28. The van der Waals surface area contributed by atoms with E-state index in [9.17, 15) is 14.7 Å². The number of aromatic nitrogens is 2. The lowest BCUT2D eigenvalue weighted by molar-refractivity contribution is 0.0526. The minimum absolute atomic E-state index is 0.241. The number of nitrogens with zero attached hydrogens (tertiary/aromatic N) is 3. The van der Waals surface area contributed by atoms with E-state index in [1.54, 1.807) is 36.7 Å². The second-order valence-corrected chi connectivity index (χ2v) is 10.2. The summed E-state index contributed by atoms with van der Waals surface area (Å²) in [6.07, 6.45) is 5.86. The van der Waals surface area contributed by atoms with Crippen LogP contribution in [-0.4, -0.2) is 33.4 Å². The molecule has 7 nitrogen and oxygen atoms in total. The van der Waals surface area contributed by atoms with E-state index < -0.39 is 0 Å². The van der Waals surface area contributed by atoms with Gasteiger partial charge in [0.15, 0.2) is 5.13 Å². The SMILES string of the molecule is CCOC(=O)c1c(/N=C/c2c(O)n(-c3nccs3)c(=O)c3ccccc23)sc2c1CC[C@@H](C)C2. The van der Waals surface area contributed by atoms with E-state index in [1.807, 2.05) is 6.07 Å². The Bertz CT molecular complexity index is 1470. The molecule has 0 amide bonds. The van der Waals surface area contributed by atoms with Crippen LogP contribution in [0.5, 0.6) is 5.88 Å². The fourth-order valence-corrected chi connectivity index (χ4v) is 6.34. The zero-order valence-electron chi connectivity index (χ0n) is 18.8. The van der Waals surface area contributed by atoms with Crippen molar-refractivity contribution in [2.45, 2.75) is 33.1 Å². The maximum absolute atomic E-state index is 13.1. The van der Waals surface area contributed by atoms with Crippen LogP contribution in [0.25, 0.3) is 15.9 Å². The summed E-state index contributed by atoms with van der Waals surface area (Å²) in [5.74, 6) is -0.0635. The Morgan fingerprint density at radius 1 is 1.35 bits per heavy atom. The van der Waals surface area contributed by atoms with E-state index in [0.29, 0.717) is 37.9 Å². The van der Waals surface area contributed by atoms with E-state index >= 15 is 0 Å². The van der Waals surface area contributed by atoms with Crippen molar-refractivity contribution in [2.24, 2.45) is 10.9 Å². The number of rotatable bonds is 5. The Balaban J connectivity index is 1.69. The minimum Gasteiger partial charge on any atom is -0.494 e. The van der Waals surface area contributed by atoms with Gasteiger partial charge in [0.2, 0.25) is 5.88 Å². The Morgan fingerprint density at radius 3 is 2.88 bits per heavy atom. The number of hydrogen-bond acceptors (Lipinski definition) is 8. The molecule has 0 fully saturated rings. The number of hydrogen-bond donors (Lipinski definition) is 1. The van der Waals surface area contributed by atoms with Crippen LogP contribution in [0.1, 0.15) is 46.6 Å². The lowest BCUT2D eigenvalue weighted by Gasteiger charge is -2.18. The van der Waals surface area contributed by atoms with Crippen molar-refractivity contribution >= 4 is 50.6 Å². The van der Waals surface area contributed by atoms with E-state index in [-0.39, 0.29) is 24.0 Å². The molecule has 3 aromatic heterocycles. The second-order valence-electron chi connectivity index (χ2n) is 8.25. The number of benzene rings is 1. The molecule has 0 spiro atoms. The molecular formula is C25H23N3O4S2. The standard InChI is InChI=1S/C25H23N3O4S2/c1-3-32-24(31)20-17-9-8-14(2)12-19(17)34-21(20)27-13-18-15-6-4-5-7-16(15)22(29)28(23(18)30)25-26-10-11-33-25/h4-7,10-11,13-14,30H,3,8-9,12H2,1-2H3/b27-13+/t14-/m1/s1. The average molecular weight is 494 g/mol. The molecule has 4 aromatic rings. The maximum Gasteiger partial charge on any atom is 0.341 e. The summed E-state index contributed by atoms with van der Waals surface area (Å²) in [7, 11) is 0. The molecule has 0 saturated heterocycles. The molecule has 34 heavy (non-hydrogen) atoms. The zero-order valence-corrected chi connectivity index (χ0v) is 20.4. The number of carbonyl (C=O) groups excluding carboxylic acids is 1. The molecule has 1 N–H and O–H groups in total. The number of thiophene rings is 1. The van der Waals surface area contributed by atoms with Crippen LogP contribution < -0.4 is 5.56 Å². The fraction of sp³-hybridized carbons (Fsp3) is 0.280. The number of fused-ring (bicyclic) bond motifs is 2. The Morgan fingerprint density at radius 2 is 2.15 bits per heavy atom. The van der Waals surface area contributed by atoms with Gasteiger partial charge in [-0.1, -0.05) is 25.1 Å². The van der Waals surface area contributed by atoms with E-state index in [0.717, 1.165) is 29.7 Å². The number of pyridine rings is 1. The molecular weight excluding hydrogens is 470 g/mol. The maximum atomic E-state index is 13.1. The zero-order chi connectivity index (χ0) is 23.8. The second kappa shape index (κ2) is 9.15. The highest BCUT2D eigenvalue weighted by Crippen LogP contribution is 2.42. The third-order valence-electron chi connectivity index (χ3n) is 6.00. The summed E-state index contributed by atoms with van der Waals surface area (Å²) in [4.78, 5) is 36.0. The first kappa shape index (κ1) is 22.5. The Labute approximate surface area is 204 Å². The molecule has 3 heterocycles. The normalized spacial score (nSPS) is 15.6. The highest BCUT2D eigenvalue weighted by Gasteiger charge is 2.28. The smallest absolute Gasteiger partial charge is 0.341 e. The summed E-state index contributed by atoms with van der Waals surface area (Å²) in [5.41, 5.74) is 1.57. The van der Waals surface area contributed by atoms with Crippen molar-refractivity contribution in [3.63, 3.8) is 0 Å². The van der Waals surface area contributed by atoms with Gasteiger partial charge in [0.25, 0.3) is 5.56 Å². The predicted octanol–water partition coefficient (Wildman–Crippen LogP) is 5.27. The number of ether oxygens (including phenoxy) is 1. The first-order valence-corrected chi connectivity index (χ1v) is 12.8. The first-order chi connectivity index (χ1) is 16.5. The van der Waals surface area contributed by atoms with Gasteiger partial charge in [-0.2, -0.15) is 0 Å². The van der Waals surface area contributed by atoms with Gasteiger partial charge in [-0.3, -0.25) is 4.79 Å². The van der Waals surface area contributed by atoms with Crippen molar-refractivity contribution in [3.05, 3.63) is 67.8 Å². The largest absolute Gasteiger partial charge is 0.494 e. The van der Waals surface area contributed by atoms with Gasteiger partial charge in [-0.05, 0) is 43.7 Å². The van der Waals surface area contributed by atoms with E-state index in [1.165, 1.54) is 33.5 Å². The van der Waals surface area contributed by atoms with E-state index in [4.69, 9.17) is 4.74 Å². The van der Waals surface area contributed by atoms with Crippen LogP contribution in [0.15, 0.2) is 45.6 Å². The fourth-order valence-electron chi connectivity index (χ4n) is 4.36. The number of esters is 1. The third kappa shape index (κ3) is 3.84. The highest BCUT2D eigenvalue weighted by atomic mass is 32.1. The van der Waals surface area contributed by atoms with Crippen LogP contribution >= 0.6 is 22.7 Å². The molecule has 9 heteroatoms. The number of carbonyl (C=O) groups is 1. The molecule has 0 unspecified atom stereocenters. The van der Waals surface area contributed by atoms with Crippen LogP contribution in [0.4, 0.5) is 5.00 Å². The quantitative estimate of drug-likeness (QED) is 0.302. The monoisotopic (exact) mass is 493 g/mol. The number of thiazole rings is 1. The molecule has 0 aliphatic heterocycles. The topological polar surface area (TPSA) is 93.8 Å². The van der Waals surface area contributed by atoms with Crippen molar-refractivity contribution in [3.8, 4) is 11.0 Å². The molecule has 0 saturated carbocycles. The Kier molecular flexibility index (Phi) is 6.05. The van der Waals surface area contributed by atoms with Gasteiger partial charge in [0.1, 0.15) is 5.00 Å². The van der Waals surface area contributed by atoms with Gasteiger partial charge in [-0.15, -0.1) is 22.7 Å². The van der Waals surface area contributed by atoms with Crippen LogP contribution in [0.2, 0.25) is 0 Å². The molecule has 1 aromatic carbocycles. The van der Waals surface area contributed by atoms with Crippen molar-refractivity contribution in [1.82, 2.24) is 9.55 Å². The lowest BCUT2D eigenvalue weighted by atomic mass is 9.88. The molecule has 174 valence electrons. The van der Waals surface area contributed by atoms with Gasteiger partial charge in [0, 0.05) is 33.4 Å². The van der Waals surface area contributed by atoms with Crippen LogP contribution in [0, 0.1) is 5.92 Å². The number of aliphatic imine (C=N–C) groups is 1. The Hall–Kier alpha value is -3.30.